The molecule has 9 nitrogen and oxygen atoms in total. The Labute approximate surface area is 188 Å². The van der Waals surface area contributed by atoms with Gasteiger partial charge in [-0.25, -0.2) is 4.79 Å². The fourth-order valence-electron chi connectivity index (χ4n) is 4.36. The number of carboxylic acid groups (broad SMARTS) is 1. The molecule has 0 saturated carbocycles. The lowest BCUT2D eigenvalue weighted by molar-refractivity contribution is -0.146. The number of anilines is 2. The van der Waals surface area contributed by atoms with Gasteiger partial charge in [0.1, 0.15) is 12.1 Å². The molecule has 3 N–H and O–H groups in total. The second-order valence-corrected chi connectivity index (χ2v) is 9.17. The molecule has 0 aliphatic carbocycles. The molecule has 2 heterocycles. The molecule has 0 aromatic heterocycles. The van der Waals surface area contributed by atoms with Crippen LogP contribution in [-0.4, -0.2) is 59.0 Å². The van der Waals surface area contributed by atoms with Crippen LogP contribution in [0.2, 0.25) is 0 Å². The van der Waals surface area contributed by atoms with Crippen LogP contribution in [0.3, 0.4) is 0 Å². The molecule has 3 rings (SSSR count). The van der Waals surface area contributed by atoms with E-state index >= 15 is 0 Å². The van der Waals surface area contributed by atoms with Gasteiger partial charge in [0.15, 0.2) is 0 Å². The van der Waals surface area contributed by atoms with Gasteiger partial charge in [-0.05, 0) is 36.8 Å². The van der Waals surface area contributed by atoms with Crippen LogP contribution in [0.25, 0.3) is 0 Å². The molecule has 4 amide bonds. The fraction of sp³-hybridized carbons (Fsp3) is 0.565. The van der Waals surface area contributed by atoms with Crippen molar-refractivity contribution in [2.75, 3.05) is 23.3 Å². The zero-order valence-electron chi connectivity index (χ0n) is 19.0. The maximum absolute atomic E-state index is 13.5. The van der Waals surface area contributed by atoms with E-state index in [2.05, 4.69) is 10.6 Å². The number of carbonyl (C=O) groups is 4. The predicted molar refractivity (Wildman–Crippen MR) is 120 cm³/mol. The molecule has 0 spiro atoms. The largest absolute Gasteiger partial charge is 0.481 e. The Kier molecular flexibility index (Phi) is 7.06. The van der Waals surface area contributed by atoms with Crippen molar-refractivity contribution < 1.29 is 24.3 Å². The first-order valence-electron chi connectivity index (χ1n) is 11.1. The minimum atomic E-state index is -0.840. The molecule has 2 aliphatic heterocycles. The second-order valence-electron chi connectivity index (χ2n) is 9.17. The number of nitrogens with one attached hydrogen (secondary N) is 2. The van der Waals surface area contributed by atoms with Gasteiger partial charge in [-0.2, -0.15) is 0 Å². The van der Waals surface area contributed by atoms with Crippen LogP contribution in [-0.2, 0) is 14.4 Å². The molecule has 2 aliphatic rings. The summed E-state index contributed by atoms with van der Waals surface area (Å²) < 4.78 is 0. The van der Waals surface area contributed by atoms with Crippen LogP contribution in [0.1, 0.15) is 40.5 Å². The standard InChI is InChI=1S/C23H32N4O5/c1-13(2)18(21(29)26-11-9-15(10-12-26)22(30)31)25-23(32)27-17-8-6-5-7-16(17)24-20(28)19(27)14(3)4/h5-8,13-15,18-19H,9-12H2,1-4H3,(H,24,28)(H,25,32)(H,30,31)/t18-,19+/m0/s1. The van der Waals surface area contributed by atoms with Gasteiger partial charge in [-0.3, -0.25) is 19.3 Å². The molecule has 1 saturated heterocycles. The first kappa shape index (κ1) is 23.6. The number of para-hydroxylation sites is 2. The van der Waals surface area contributed by atoms with E-state index in [0.29, 0.717) is 37.3 Å². The van der Waals surface area contributed by atoms with Crippen LogP contribution >= 0.6 is 0 Å². The Morgan fingerprint density at radius 3 is 2.28 bits per heavy atom. The number of fused-ring (bicyclic) bond motifs is 1. The number of likely N-dealkylation sites (tertiary alicyclic amines) is 1. The second kappa shape index (κ2) is 9.58. The maximum atomic E-state index is 13.5. The topological polar surface area (TPSA) is 119 Å². The Morgan fingerprint density at radius 1 is 1.09 bits per heavy atom. The molecular weight excluding hydrogens is 412 g/mol. The van der Waals surface area contributed by atoms with E-state index in [0.717, 1.165) is 0 Å². The van der Waals surface area contributed by atoms with E-state index in [-0.39, 0.29) is 23.7 Å². The monoisotopic (exact) mass is 444 g/mol. The van der Waals surface area contributed by atoms with Crippen LogP contribution in [0.4, 0.5) is 16.2 Å². The molecule has 0 unspecified atom stereocenters. The number of hydrogen-bond acceptors (Lipinski definition) is 4. The first-order valence-corrected chi connectivity index (χ1v) is 11.1. The van der Waals surface area contributed by atoms with Crippen molar-refractivity contribution in [1.29, 1.82) is 0 Å². The third-order valence-electron chi connectivity index (χ3n) is 6.19. The molecule has 1 fully saturated rings. The van der Waals surface area contributed by atoms with E-state index in [9.17, 15) is 24.3 Å². The number of aliphatic carboxylic acids is 1. The number of amides is 4. The molecular formula is C23H32N4O5. The van der Waals surface area contributed by atoms with Crippen LogP contribution in [0.5, 0.6) is 0 Å². The summed E-state index contributed by atoms with van der Waals surface area (Å²) in [5, 5.41) is 14.9. The lowest BCUT2D eigenvalue weighted by Gasteiger charge is -2.40. The quantitative estimate of drug-likeness (QED) is 0.645. The van der Waals surface area contributed by atoms with Gasteiger partial charge in [-0.1, -0.05) is 39.8 Å². The molecule has 1 aromatic rings. The molecule has 1 aromatic carbocycles. The number of carbonyl (C=O) groups excluding carboxylic acids is 3. The van der Waals surface area contributed by atoms with Gasteiger partial charge in [0.2, 0.25) is 11.8 Å². The summed E-state index contributed by atoms with van der Waals surface area (Å²) in [6.07, 6.45) is 0.795. The Bertz CT molecular complexity index is 892. The van der Waals surface area contributed by atoms with E-state index in [4.69, 9.17) is 0 Å². The highest BCUT2D eigenvalue weighted by molar-refractivity contribution is 6.12. The van der Waals surface area contributed by atoms with Gasteiger partial charge in [-0.15, -0.1) is 0 Å². The highest BCUT2D eigenvalue weighted by atomic mass is 16.4. The van der Waals surface area contributed by atoms with E-state index in [1.807, 2.05) is 27.7 Å². The molecule has 2 atom stereocenters. The number of carboxylic acids is 1. The lowest BCUT2D eigenvalue weighted by Crippen LogP contribution is -2.61. The van der Waals surface area contributed by atoms with Crippen molar-refractivity contribution in [3.05, 3.63) is 24.3 Å². The predicted octanol–water partition coefficient (Wildman–Crippen LogP) is 2.53. The zero-order chi connectivity index (χ0) is 23.6. The van der Waals surface area contributed by atoms with Gasteiger partial charge in [0, 0.05) is 13.1 Å². The third kappa shape index (κ3) is 4.71. The average Bonchev–Trinajstić information content (AvgIpc) is 2.75. The highest BCUT2D eigenvalue weighted by Gasteiger charge is 2.41. The van der Waals surface area contributed by atoms with E-state index in [1.165, 1.54) is 4.90 Å². The summed E-state index contributed by atoms with van der Waals surface area (Å²) in [7, 11) is 0. The smallest absolute Gasteiger partial charge is 0.323 e. The number of piperidine rings is 1. The summed E-state index contributed by atoms with van der Waals surface area (Å²) in [6.45, 7) is 8.14. The van der Waals surface area contributed by atoms with Gasteiger partial charge in [0.25, 0.3) is 0 Å². The van der Waals surface area contributed by atoms with Crippen molar-refractivity contribution in [3.63, 3.8) is 0 Å². The Hall–Kier alpha value is -3.10. The third-order valence-corrected chi connectivity index (χ3v) is 6.19. The summed E-state index contributed by atoms with van der Waals surface area (Å²) >= 11 is 0. The van der Waals surface area contributed by atoms with Crippen molar-refractivity contribution in [3.8, 4) is 0 Å². The van der Waals surface area contributed by atoms with Crippen molar-refractivity contribution in [1.82, 2.24) is 10.2 Å². The Balaban J connectivity index is 1.81. The molecule has 0 bridgehead atoms. The average molecular weight is 445 g/mol. The van der Waals surface area contributed by atoms with Crippen molar-refractivity contribution in [2.24, 2.45) is 17.8 Å². The maximum Gasteiger partial charge on any atom is 0.323 e. The minimum absolute atomic E-state index is 0.141. The van der Waals surface area contributed by atoms with Crippen LogP contribution < -0.4 is 15.5 Å². The number of urea groups is 1. The van der Waals surface area contributed by atoms with Gasteiger partial charge in [0.05, 0.1) is 17.3 Å². The molecule has 9 heteroatoms. The molecule has 0 radical (unpaired) electrons. The number of benzene rings is 1. The molecule has 32 heavy (non-hydrogen) atoms. The fourth-order valence-corrected chi connectivity index (χ4v) is 4.36. The van der Waals surface area contributed by atoms with Crippen molar-refractivity contribution >= 4 is 35.2 Å². The van der Waals surface area contributed by atoms with Crippen molar-refractivity contribution in [2.45, 2.75) is 52.6 Å². The van der Waals surface area contributed by atoms with E-state index < -0.39 is 30.0 Å². The number of rotatable bonds is 5. The number of hydrogen-bond donors (Lipinski definition) is 3. The number of nitrogens with zero attached hydrogens (tertiary/aromatic N) is 2. The van der Waals surface area contributed by atoms with Gasteiger partial charge < -0.3 is 20.6 Å². The lowest BCUT2D eigenvalue weighted by atomic mass is 9.95. The summed E-state index contributed by atoms with van der Waals surface area (Å²) in [4.78, 5) is 53.7. The van der Waals surface area contributed by atoms with Crippen LogP contribution in [0, 0.1) is 17.8 Å². The molecule has 174 valence electrons. The Morgan fingerprint density at radius 2 is 1.72 bits per heavy atom. The summed E-state index contributed by atoms with van der Waals surface area (Å²) in [6, 6.07) is 5.10. The van der Waals surface area contributed by atoms with Crippen LogP contribution in [0.15, 0.2) is 24.3 Å². The summed E-state index contributed by atoms with van der Waals surface area (Å²) in [5.41, 5.74) is 1.13. The first-order chi connectivity index (χ1) is 15.1. The SMILES string of the molecule is CC(C)[C@H](NC(=O)N1c2ccccc2NC(=O)[C@H]1C(C)C)C(=O)N1CCC(C(=O)O)CC1. The minimum Gasteiger partial charge on any atom is -0.481 e. The van der Waals surface area contributed by atoms with Gasteiger partial charge >= 0.3 is 12.0 Å². The zero-order valence-corrected chi connectivity index (χ0v) is 19.0. The highest BCUT2D eigenvalue weighted by Crippen LogP contribution is 2.34. The normalized spacial score (nSPS) is 20.1. The summed E-state index contributed by atoms with van der Waals surface area (Å²) in [5.74, 6) is -2.11. The van der Waals surface area contributed by atoms with E-state index in [1.54, 1.807) is 29.2 Å².